The number of thiocarbonyl (C=S) groups is 1. The molecule has 0 radical (unpaired) electrons. The summed E-state index contributed by atoms with van der Waals surface area (Å²) < 4.78 is 11.1. The van der Waals surface area contributed by atoms with Gasteiger partial charge in [-0.05, 0) is 43.6 Å². The molecule has 0 aromatic heterocycles. The molecular formula is C17H26N2O2S. The maximum atomic E-state index is 5.89. The van der Waals surface area contributed by atoms with Gasteiger partial charge in [0.15, 0.2) is 5.11 Å². The highest BCUT2D eigenvalue weighted by Gasteiger charge is 2.12. The van der Waals surface area contributed by atoms with E-state index in [0.717, 1.165) is 31.0 Å². The molecule has 1 aliphatic carbocycles. The van der Waals surface area contributed by atoms with Gasteiger partial charge in [-0.2, -0.15) is 0 Å². The SMILES string of the molecule is COc1cccc(NC(=S)NCCCOC2CCCCC2)c1. The Hall–Kier alpha value is -1.33. The molecule has 1 aromatic carbocycles. The van der Waals surface area contributed by atoms with Crippen LogP contribution in [0.25, 0.3) is 0 Å². The Morgan fingerprint density at radius 1 is 1.27 bits per heavy atom. The lowest BCUT2D eigenvalue weighted by atomic mass is 9.98. The summed E-state index contributed by atoms with van der Waals surface area (Å²) in [6.07, 6.45) is 7.90. The van der Waals surface area contributed by atoms with E-state index < -0.39 is 0 Å². The van der Waals surface area contributed by atoms with E-state index in [9.17, 15) is 0 Å². The van der Waals surface area contributed by atoms with E-state index in [4.69, 9.17) is 21.7 Å². The summed E-state index contributed by atoms with van der Waals surface area (Å²) in [4.78, 5) is 0. The topological polar surface area (TPSA) is 42.5 Å². The van der Waals surface area contributed by atoms with E-state index in [1.807, 2.05) is 24.3 Å². The van der Waals surface area contributed by atoms with Gasteiger partial charge in [0.2, 0.25) is 0 Å². The normalized spacial score (nSPS) is 15.3. The molecule has 2 rings (SSSR count). The maximum Gasteiger partial charge on any atom is 0.170 e. The Balaban J connectivity index is 1.57. The number of hydrogen-bond donors (Lipinski definition) is 2. The maximum absolute atomic E-state index is 5.89. The predicted octanol–water partition coefficient (Wildman–Crippen LogP) is 3.72. The quantitative estimate of drug-likeness (QED) is 0.591. The van der Waals surface area contributed by atoms with E-state index in [2.05, 4.69) is 10.6 Å². The number of methoxy groups -OCH3 is 1. The Bertz CT molecular complexity index is 462. The van der Waals surface area contributed by atoms with E-state index in [1.54, 1.807) is 7.11 Å². The average molecular weight is 322 g/mol. The number of rotatable bonds is 7. The van der Waals surface area contributed by atoms with Gasteiger partial charge in [0.25, 0.3) is 0 Å². The van der Waals surface area contributed by atoms with Crippen molar-refractivity contribution >= 4 is 23.0 Å². The van der Waals surface area contributed by atoms with Crippen LogP contribution in [0.5, 0.6) is 5.75 Å². The summed E-state index contributed by atoms with van der Waals surface area (Å²) in [7, 11) is 1.65. The van der Waals surface area contributed by atoms with Crippen molar-refractivity contribution in [1.82, 2.24) is 5.32 Å². The molecule has 0 amide bonds. The van der Waals surface area contributed by atoms with Crippen LogP contribution in [0.2, 0.25) is 0 Å². The lowest BCUT2D eigenvalue weighted by Gasteiger charge is -2.22. The number of nitrogens with one attached hydrogen (secondary N) is 2. The van der Waals surface area contributed by atoms with Crippen molar-refractivity contribution < 1.29 is 9.47 Å². The molecule has 0 atom stereocenters. The van der Waals surface area contributed by atoms with Crippen LogP contribution in [0.15, 0.2) is 24.3 Å². The van der Waals surface area contributed by atoms with Crippen LogP contribution in [0.3, 0.4) is 0 Å². The summed E-state index contributed by atoms with van der Waals surface area (Å²) in [5.74, 6) is 0.814. The molecular weight excluding hydrogens is 296 g/mol. The van der Waals surface area contributed by atoms with Crippen molar-refractivity contribution in [2.45, 2.75) is 44.6 Å². The van der Waals surface area contributed by atoms with Crippen LogP contribution in [-0.2, 0) is 4.74 Å². The summed E-state index contributed by atoms with van der Waals surface area (Å²) >= 11 is 5.29. The number of hydrogen-bond acceptors (Lipinski definition) is 3. The summed E-state index contributed by atoms with van der Waals surface area (Å²) in [6, 6.07) is 7.72. The molecule has 22 heavy (non-hydrogen) atoms. The molecule has 5 heteroatoms. The van der Waals surface area contributed by atoms with Gasteiger partial charge in [0.1, 0.15) is 5.75 Å². The molecule has 0 spiro atoms. The van der Waals surface area contributed by atoms with Gasteiger partial charge < -0.3 is 20.1 Å². The van der Waals surface area contributed by atoms with E-state index in [0.29, 0.717) is 11.2 Å². The van der Waals surface area contributed by atoms with Gasteiger partial charge in [-0.1, -0.05) is 25.3 Å². The molecule has 1 fully saturated rings. The summed E-state index contributed by atoms with van der Waals surface area (Å²) in [6.45, 7) is 1.63. The molecule has 0 unspecified atom stereocenters. The van der Waals surface area contributed by atoms with Crippen LogP contribution in [0.4, 0.5) is 5.69 Å². The number of anilines is 1. The Labute approximate surface area is 138 Å². The lowest BCUT2D eigenvalue weighted by Crippen LogP contribution is -2.30. The minimum Gasteiger partial charge on any atom is -0.497 e. The summed E-state index contributed by atoms with van der Waals surface area (Å²) in [5, 5.41) is 6.99. The smallest absolute Gasteiger partial charge is 0.170 e. The second-order valence-electron chi connectivity index (χ2n) is 5.60. The molecule has 0 heterocycles. The minimum atomic E-state index is 0.482. The van der Waals surface area contributed by atoms with Crippen molar-refractivity contribution in [3.63, 3.8) is 0 Å². The second kappa shape index (κ2) is 9.64. The van der Waals surface area contributed by atoms with Crippen LogP contribution < -0.4 is 15.4 Å². The van der Waals surface area contributed by atoms with Crippen molar-refractivity contribution in [3.8, 4) is 5.75 Å². The number of ether oxygens (including phenoxy) is 2. The molecule has 1 aromatic rings. The molecule has 0 aliphatic heterocycles. The van der Waals surface area contributed by atoms with Gasteiger partial charge in [0.05, 0.1) is 13.2 Å². The first-order valence-electron chi connectivity index (χ1n) is 8.08. The van der Waals surface area contributed by atoms with Crippen molar-refractivity contribution in [2.24, 2.45) is 0 Å². The molecule has 4 nitrogen and oxygen atoms in total. The van der Waals surface area contributed by atoms with E-state index in [-0.39, 0.29) is 0 Å². The van der Waals surface area contributed by atoms with Crippen LogP contribution in [0.1, 0.15) is 38.5 Å². The van der Waals surface area contributed by atoms with Crippen LogP contribution in [0, 0.1) is 0 Å². The zero-order chi connectivity index (χ0) is 15.6. The van der Waals surface area contributed by atoms with Gasteiger partial charge in [-0.25, -0.2) is 0 Å². The Kier molecular flexibility index (Phi) is 7.46. The Morgan fingerprint density at radius 3 is 2.86 bits per heavy atom. The van der Waals surface area contributed by atoms with Crippen LogP contribution in [-0.4, -0.2) is 31.5 Å². The molecule has 0 bridgehead atoms. The minimum absolute atomic E-state index is 0.482. The third-order valence-electron chi connectivity index (χ3n) is 3.84. The standard InChI is InChI=1S/C17H26N2O2S/c1-20-16-10-5-7-14(13-16)19-17(22)18-11-6-12-21-15-8-3-2-4-9-15/h5,7,10,13,15H,2-4,6,8-9,11-12H2,1H3,(H2,18,19,22). The van der Waals surface area contributed by atoms with Crippen molar-refractivity contribution in [2.75, 3.05) is 25.6 Å². The van der Waals surface area contributed by atoms with Gasteiger partial charge in [0, 0.05) is 24.9 Å². The lowest BCUT2D eigenvalue weighted by molar-refractivity contribution is 0.0277. The molecule has 2 N–H and O–H groups in total. The fraction of sp³-hybridized carbons (Fsp3) is 0.588. The predicted molar refractivity (Wildman–Crippen MR) is 94.7 cm³/mol. The highest BCUT2D eigenvalue weighted by Crippen LogP contribution is 2.20. The highest BCUT2D eigenvalue weighted by molar-refractivity contribution is 7.80. The van der Waals surface area contributed by atoms with Crippen molar-refractivity contribution in [3.05, 3.63) is 24.3 Å². The van der Waals surface area contributed by atoms with Crippen molar-refractivity contribution in [1.29, 1.82) is 0 Å². The molecule has 0 saturated heterocycles. The zero-order valence-corrected chi connectivity index (χ0v) is 14.1. The highest BCUT2D eigenvalue weighted by atomic mass is 32.1. The van der Waals surface area contributed by atoms with E-state index in [1.165, 1.54) is 32.1 Å². The fourth-order valence-electron chi connectivity index (χ4n) is 2.63. The summed E-state index contributed by atoms with van der Waals surface area (Å²) in [5.41, 5.74) is 0.926. The number of benzene rings is 1. The fourth-order valence-corrected chi connectivity index (χ4v) is 2.85. The molecule has 1 saturated carbocycles. The van der Waals surface area contributed by atoms with Crippen LogP contribution >= 0.6 is 12.2 Å². The molecule has 1 aliphatic rings. The van der Waals surface area contributed by atoms with Gasteiger partial charge in [-0.15, -0.1) is 0 Å². The first-order chi connectivity index (χ1) is 10.8. The third-order valence-corrected chi connectivity index (χ3v) is 4.09. The average Bonchev–Trinajstić information content (AvgIpc) is 2.55. The first kappa shape index (κ1) is 17.0. The first-order valence-corrected chi connectivity index (χ1v) is 8.49. The van der Waals surface area contributed by atoms with Gasteiger partial charge >= 0.3 is 0 Å². The van der Waals surface area contributed by atoms with E-state index >= 15 is 0 Å². The monoisotopic (exact) mass is 322 g/mol. The second-order valence-corrected chi connectivity index (χ2v) is 6.01. The third kappa shape index (κ3) is 6.20. The Morgan fingerprint density at radius 2 is 2.09 bits per heavy atom. The zero-order valence-electron chi connectivity index (χ0n) is 13.3. The molecule has 122 valence electrons. The largest absolute Gasteiger partial charge is 0.497 e. The van der Waals surface area contributed by atoms with Gasteiger partial charge in [-0.3, -0.25) is 0 Å².